The Balaban J connectivity index is 1.69. The first-order valence-electron chi connectivity index (χ1n) is 8.90. The molecule has 0 aromatic heterocycles. The zero-order valence-electron chi connectivity index (χ0n) is 15.3. The maximum atomic E-state index is 13.0. The van der Waals surface area contributed by atoms with E-state index in [4.69, 9.17) is 0 Å². The quantitative estimate of drug-likeness (QED) is 0.805. The van der Waals surface area contributed by atoms with E-state index in [-0.39, 0.29) is 22.2 Å². The maximum Gasteiger partial charge on any atom is 0.255 e. The number of sulfone groups is 1. The Labute approximate surface area is 159 Å². The van der Waals surface area contributed by atoms with Crippen molar-refractivity contribution in [2.75, 3.05) is 32.4 Å². The summed E-state index contributed by atoms with van der Waals surface area (Å²) < 4.78 is 37.0. The highest BCUT2D eigenvalue weighted by Crippen LogP contribution is 2.19. The van der Waals surface area contributed by atoms with Gasteiger partial charge in [0.05, 0.1) is 10.5 Å². The molecule has 0 atom stereocenters. The highest BCUT2D eigenvalue weighted by molar-refractivity contribution is 7.90. The predicted molar refractivity (Wildman–Crippen MR) is 102 cm³/mol. The highest BCUT2D eigenvalue weighted by atomic mass is 32.2. The molecule has 1 fully saturated rings. The molecule has 3 rings (SSSR count). The first-order chi connectivity index (χ1) is 12.8. The number of hydrogen-bond acceptors (Lipinski definition) is 4. The van der Waals surface area contributed by atoms with Gasteiger partial charge in [-0.2, -0.15) is 0 Å². The number of carbonyl (C=O) groups excluding carboxylic acids is 1. The zero-order valence-corrected chi connectivity index (χ0v) is 16.1. The van der Waals surface area contributed by atoms with Crippen molar-refractivity contribution >= 4 is 15.7 Å². The minimum atomic E-state index is -3.47. The molecule has 0 unspecified atom stereocenters. The van der Waals surface area contributed by atoms with Crippen molar-refractivity contribution in [2.24, 2.45) is 0 Å². The van der Waals surface area contributed by atoms with Crippen LogP contribution >= 0.6 is 0 Å². The molecule has 1 aliphatic heterocycles. The molecule has 1 saturated heterocycles. The Hall–Kier alpha value is -2.25. The zero-order chi connectivity index (χ0) is 19.4. The van der Waals surface area contributed by atoms with Crippen LogP contribution in [0.3, 0.4) is 0 Å². The summed E-state index contributed by atoms with van der Waals surface area (Å²) in [4.78, 5) is 16.9. The van der Waals surface area contributed by atoms with Crippen LogP contribution in [-0.4, -0.2) is 56.6 Å². The van der Waals surface area contributed by atoms with E-state index >= 15 is 0 Å². The second-order valence-electron chi connectivity index (χ2n) is 6.82. The van der Waals surface area contributed by atoms with Gasteiger partial charge < -0.3 is 4.90 Å². The summed E-state index contributed by atoms with van der Waals surface area (Å²) in [5.41, 5.74) is 1.26. The third kappa shape index (κ3) is 4.93. The molecule has 7 heteroatoms. The third-order valence-corrected chi connectivity index (χ3v) is 5.87. The van der Waals surface area contributed by atoms with Gasteiger partial charge in [-0.05, 0) is 36.2 Å². The van der Waals surface area contributed by atoms with E-state index < -0.39 is 9.84 Å². The Bertz CT molecular complexity index is 913. The van der Waals surface area contributed by atoms with Gasteiger partial charge in [0.1, 0.15) is 5.82 Å². The van der Waals surface area contributed by atoms with Crippen molar-refractivity contribution in [2.45, 2.75) is 17.9 Å². The molecule has 2 aromatic rings. The molecule has 144 valence electrons. The van der Waals surface area contributed by atoms with E-state index in [9.17, 15) is 17.6 Å². The van der Waals surface area contributed by atoms with Crippen LogP contribution in [0.15, 0.2) is 53.4 Å². The van der Waals surface area contributed by atoms with E-state index in [0.717, 1.165) is 24.8 Å². The molecule has 0 saturated carbocycles. The lowest BCUT2D eigenvalue weighted by molar-refractivity contribution is 0.0757. The lowest BCUT2D eigenvalue weighted by atomic mass is 10.2. The molecular weight excluding hydrogens is 367 g/mol. The fraction of sp³-hybridized carbons (Fsp3) is 0.350. The van der Waals surface area contributed by atoms with Crippen LogP contribution in [0.1, 0.15) is 22.3 Å². The summed E-state index contributed by atoms with van der Waals surface area (Å²) in [6.07, 6.45) is 1.92. The molecule has 0 radical (unpaired) electrons. The molecule has 0 aliphatic carbocycles. The van der Waals surface area contributed by atoms with Gasteiger partial charge in [0.25, 0.3) is 5.91 Å². The second kappa shape index (κ2) is 8.19. The van der Waals surface area contributed by atoms with Crippen LogP contribution in [0.25, 0.3) is 0 Å². The molecule has 5 nitrogen and oxygen atoms in total. The number of hydrogen-bond donors (Lipinski definition) is 0. The van der Waals surface area contributed by atoms with Crippen LogP contribution in [0.4, 0.5) is 4.39 Å². The van der Waals surface area contributed by atoms with Crippen LogP contribution in [0.2, 0.25) is 0 Å². The molecule has 1 heterocycles. The second-order valence-corrected chi connectivity index (χ2v) is 8.80. The number of nitrogens with zero attached hydrogens (tertiary/aromatic N) is 2. The number of halogens is 1. The highest BCUT2D eigenvalue weighted by Gasteiger charge is 2.24. The van der Waals surface area contributed by atoms with Gasteiger partial charge in [-0.15, -0.1) is 0 Å². The van der Waals surface area contributed by atoms with E-state index in [0.29, 0.717) is 26.2 Å². The van der Waals surface area contributed by atoms with Crippen LogP contribution < -0.4 is 0 Å². The molecule has 27 heavy (non-hydrogen) atoms. The van der Waals surface area contributed by atoms with Crippen molar-refractivity contribution in [3.8, 4) is 0 Å². The number of amides is 1. The fourth-order valence-corrected chi connectivity index (χ4v) is 4.20. The molecule has 1 amide bonds. The van der Waals surface area contributed by atoms with Gasteiger partial charge in [-0.3, -0.25) is 9.69 Å². The van der Waals surface area contributed by atoms with E-state index in [1.165, 1.54) is 18.2 Å². The number of carbonyl (C=O) groups is 1. The summed E-state index contributed by atoms with van der Waals surface area (Å²) in [5.74, 6) is -0.504. The topological polar surface area (TPSA) is 57.7 Å². The van der Waals surface area contributed by atoms with Gasteiger partial charge in [0, 0.05) is 39.0 Å². The molecule has 1 aliphatic rings. The summed E-state index contributed by atoms with van der Waals surface area (Å²) in [6.45, 7) is 3.32. The van der Waals surface area contributed by atoms with Crippen LogP contribution in [0, 0.1) is 5.82 Å². The Morgan fingerprint density at radius 1 is 1.00 bits per heavy atom. The SMILES string of the molecule is CS(=O)(=O)c1ccccc1C(=O)N1CCCN(Cc2ccc(F)cc2)CC1. The van der Waals surface area contributed by atoms with Crippen molar-refractivity contribution in [1.29, 1.82) is 0 Å². The van der Waals surface area contributed by atoms with Crippen molar-refractivity contribution in [1.82, 2.24) is 9.80 Å². The van der Waals surface area contributed by atoms with Gasteiger partial charge in [0.15, 0.2) is 9.84 Å². The lowest BCUT2D eigenvalue weighted by Crippen LogP contribution is -2.35. The molecule has 0 bridgehead atoms. The number of rotatable bonds is 4. The monoisotopic (exact) mass is 390 g/mol. The first-order valence-corrected chi connectivity index (χ1v) is 10.8. The van der Waals surface area contributed by atoms with E-state index in [1.54, 1.807) is 35.2 Å². The van der Waals surface area contributed by atoms with Gasteiger partial charge in [0.2, 0.25) is 0 Å². The van der Waals surface area contributed by atoms with Gasteiger partial charge in [-0.1, -0.05) is 24.3 Å². The van der Waals surface area contributed by atoms with E-state index in [2.05, 4.69) is 4.90 Å². The maximum absolute atomic E-state index is 13.0. The lowest BCUT2D eigenvalue weighted by Gasteiger charge is -2.23. The summed E-state index contributed by atoms with van der Waals surface area (Å²) in [7, 11) is -3.47. The van der Waals surface area contributed by atoms with E-state index in [1.807, 2.05) is 0 Å². The average Bonchev–Trinajstić information content (AvgIpc) is 2.88. The summed E-state index contributed by atoms with van der Waals surface area (Å²) in [5, 5.41) is 0. The summed E-state index contributed by atoms with van der Waals surface area (Å²) in [6, 6.07) is 12.8. The van der Waals surface area contributed by atoms with Crippen molar-refractivity contribution in [3.05, 3.63) is 65.5 Å². The Morgan fingerprint density at radius 3 is 2.41 bits per heavy atom. The fourth-order valence-electron chi connectivity index (χ4n) is 3.32. The van der Waals surface area contributed by atoms with Crippen molar-refractivity contribution in [3.63, 3.8) is 0 Å². The Morgan fingerprint density at radius 2 is 1.70 bits per heavy atom. The third-order valence-electron chi connectivity index (χ3n) is 4.71. The minimum absolute atomic E-state index is 0.0717. The van der Waals surface area contributed by atoms with Gasteiger partial charge >= 0.3 is 0 Å². The van der Waals surface area contributed by atoms with Gasteiger partial charge in [-0.25, -0.2) is 12.8 Å². The smallest absolute Gasteiger partial charge is 0.255 e. The summed E-state index contributed by atoms with van der Waals surface area (Å²) >= 11 is 0. The van der Waals surface area contributed by atoms with Crippen molar-refractivity contribution < 1.29 is 17.6 Å². The average molecular weight is 390 g/mol. The predicted octanol–water partition coefficient (Wildman–Crippen LogP) is 2.58. The van der Waals surface area contributed by atoms with Crippen LogP contribution in [0.5, 0.6) is 0 Å². The van der Waals surface area contributed by atoms with Crippen LogP contribution in [-0.2, 0) is 16.4 Å². The standard InChI is InChI=1S/C20H23FN2O3S/c1-27(25,26)19-6-3-2-5-18(19)20(24)23-12-4-11-22(13-14-23)15-16-7-9-17(21)10-8-16/h2-3,5-10H,4,11-15H2,1H3. The molecule has 2 aromatic carbocycles. The Kier molecular flexibility index (Phi) is 5.92. The number of benzene rings is 2. The first kappa shape index (κ1) is 19.5. The normalized spacial score (nSPS) is 16.1. The molecule has 0 N–H and O–H groups in total. The minimum Gasteiger partial charge on any atom is -0.337 e. The molecular formula is C20H23FN2O3S. The molecule has 0 spiro atoms. The largest absolute Gasteiger partial charge is 0.337 e.